The van der Waals surface area contributed by atoms with Crippen molar-refractivity contribution in [2.45, 2.75) is 0 Å². The first-order chi connectivity index (χ1) is 14.5. The van der Waals surface area contributed by atoms with E-state index < -0.39 is 16.1 Å². The molecule has 0 aliphatic carbocycles. The third-order valence-electron chi connectivity index (χ3n) is 4.39. The van der Waals surface area contributed by atoms with E-state index in [4.69, 9.17) is 9.15 Å². The van der Waals surface area contributed by atoms with Crippen molar-refractivity contribution in [1.29, 1.82) is 0 Å². The molecule has 0 atom stereocenters. The van der Waals surface area contributed by atoms with E-state index in [9.17, 15) is 19.7 Å². The van der Waals surface area contributed by atoms with Crippen LogP contribution >= 0.6 is 11.8 Å². The molecule has 0 radical (unpaired) electrons. The van der Waals surface area contributed by atoms with Gasteiger partial charge in [0, 0.05) is 12.1 Å². The van der Waals surface area contributed by atoms with Crippen LogP contribution in [0.3, 0.4) is 0 Å². The first kappa shape index (κ1) is 19.5. The van der Waals surface area contributed by atoms with Gasteiger partial charge in [-0.25, -0.2) is 4.90 Å². The van der Waals surface area contributed by atoms with Crippen molar-refractivity contribution in [3.8, 4) is 17.1 Å². The highest BCUT2D eigenvalue weighted by Crippen LogP contribution is 2.37. The molecule has 150 valence electrons. The highest BCUT2D eigenvalue weighted by molar-refractivity contribution is 8.19. The molecule has 1 saturated heterocycles. The van der Waals surface area contributed by atoms with Crippen LogP contribution in [0.4, 0.5) is 16.2 Å². The Morgan fingerprint density at radius 1 is 1.07 bits per heavy atom. The second-order valence-electron chi connectivity index (χ2n) is 6.19. The number of nitro benzene ring substituents is 1. The normalized spacial score (nSPS) is 15.1. The maximum Gasteiger partial charge on any atom is 0.298 e. The number of carbonyl (C=O) groups is 2. The number of ether oxygens (including phenoxy) is 1. The lowest BCUT2D eigenvalue weighted by Crippen LogP contribution is -2.27. The smallest absolute Gasteiger partial charge is 0.298 e. The second-order valence-corrected chi connectivity index (χ2v) is 7.18. The summed E-state index contributed by atoms with van der Waals surface area (Å²) >= 11 is 0.794. The molecule has 0 unspecified atom stereocenters. The third-order valence-corrected chi connectivity index (χ3v) is 5.26. The first-order valence-electron chi connectivity index (χ1n) is 8.73. The van der Waals surface area contributed by atoms with Gasteiger partial charge < -0.3 is 9.15 Å². The number of amides is 2. The van der Waals surface area contributed by atoms with E-state index >= 15 is 0 Å². The Morgan fingerprint density at radius 3 is 2.50 bits per heavy atom. The molecule has 1 aromatic heterocycles. The lowest BCUT2D eigenvalue weighted by atomic mass is 10.1. The highest BCUT2D eigenvalue weighted by atomic mass is 32.2. The SMILES string of the molecule is COc1ccc(N2C(=O)S/C(=C/c3ccc(-c4ccccc4[N+](=O)[O-])o3)C2=O)cc1. The molecule has 2 heterocycles. The molecule has 4 rings (SSSR count). The number of hydrogen-bond acceptors (Lipinski definition) is 7. The number of nitrogens with zero attached hydrogens (tertiary/aromatic N) is 2. The van der Waals surface area contributed by atoms with Gasteiger partial charge in [0.15, 0.2) is 0 Å². The van der Waals surface area contributed by atoms with Crippen LogP contribution < -0.4 is 9.64 Å². The number of carbonyl (C=O) groups excluding carboxylic acids is 2. The lowest BCUT2D eigenvalue weighted by Gasteiger charge is -2.12. The minimum Gasteiger partial charge on any atom is -0.497 e. The van der Waals surface area contributed by atoms with Crippen LogP contribution in [-0.2, 0) is 4.79 Å². The number of benzene rings is 2. The lowest BCUT2D eigenvalue weighted by molar-refractivity contribution is -0.384. The van der Waals surface area contributed by atoms with Crippen LogP contribution in [0.1, 0.15) is 5.76 Å². The van der Waals surface area contributed by atoms with Gasteiger partial charge in [0.2, 0.25) is 0 Å². The molecule has 30 heavy (non-hydrogen) atoms. The van der Waals surface area contributed by atoms with Crippen molar-refractivity contribution >= 4 is 40.4 Å². The molecule has 9 heteroatoms. The zero-order valence-electron chi connectivity index (χ0n) is 15.6. The number of para-hydroxylation sites is 1. The Labute approximate surface area is 174 Å². The second kappa shape index (κ2) is 7.88. The average Bonchev–Trinajstić information content (AvgIpc) is 3.32. The summed E-state index contributed by atoms with van der Waals surface area (Å²) in [6.45, 7) is 0. The maximum atomic E-state index is 12.7. The van der Waals surface area contributed by atoms with Crippen molar-refractivity contribution < 1.29 is 23.7 Å². The van der Waals surface area contributed by atoms with E-state index in [1.165, 1.54) is 19.3 Å². The van der Waals surface area contributed by atoms with E-state index in [-0.39, 0.29) is 10.6 Å². The molecule has 1 aliphatic heterocycles. The topological polar surface area (TPSA) is 103 Å². The molecule has 0 saturated carbocycles. The molecule has 0 N–H and O–H groups in total. The number of imide groups is 1. The van der Waals surface area contributed by atoms with E-state index in [1.807, 2.05) is 0 Å². The summed E-state index contributed by atoms with van der Waals surface area (Å²) in [6, 6.07) is 16.0. The van der Waals surface area contributed by atoms with Gasteiger partial charge in [-0.3, -0.25) is 19.7 Å². The van der Waals surface area contributed by atoms with Crippen molar-refractivity contribution in [1.82, 2.24) is 0 Å². The first-order valence-corrected chi connectivity index (χ1v) is 9.55. The van der Waals surface area contributed by atoms with E-state index in [1.54, 1.807) is 54.6 Å². The van der Waals surface area contributed by atoms with Gasteiger partial charge in [-0.1, -0.05) is 12.1 Å². The average molecular weight is 422 g/mol. The molecule has 2 amide bonds. The monoisotopic (exact) mass is 422 g/mol. The summed E-state index contributed by atoms with van der Waals surface area (Å²) in [5.74, 6) is 0.740. The number of anilines is 1. The summed E-state index contributed by atoms with van der Waals surface area (Å²) in [7, 11) is 1.53. The summed E-state index contributed by atoms with van der Waals surface area (Å²) in [6.07, 6.45) is 1.45. The van der Waals surface area contributed by atoms with Crippen LogP contribution in [0.15, 0.2) is 70.0 Å². The Hall–Kier alpha value is -3.85. The van der Waals surface area contributed by atoms with Crippen LogP contribution in [0.2, 0.25) is 0 Å². The molecular formula is C21H14N2O6S. The predicted octanol–water partition coefficient (Wildman–Crippen LogP) is 5.10. The number of thioether (sulfide) groups is 1. The summed E-state index contributed by atoms with van der Waals surface area (Å²) in [4.78, 5) is 37.1. The predicted molar refractivity (Wildman–Crippen MR) is 112 cm³/mol. The minimum atomic E-state index is -0.488. The van der Waals surface area contributed by atoms with Crippen LogP contribution in [0.25, 0.3) is 17.4 Å². The summed E-state index contributed by atoms with van der Waals surface area (Å²) in [5.41, 5.74) is 0.675. The number of furan rings is 1. The quantitative estimate of drug-likeness (QED) is 0.320. The zero-order valence-corrected chi connectivity index (χ0v) is 16.4. The number of nitro groups is 1. The molecule has 2 aromatic carbocycles. The molecule has 8 nitrogen and oxygen atoms in total. The van der Waals surface area contributed by atoms with Crippen molar-refractivity contribution in [3.63, 3.8) is 0 Å². The third kappa shape index (κ3) is 3.58. The number of methoxy groups -OCH3 is 1. The number of hydrogen-bond donors (Lipinski definition) is 0. The highest BCUT2D eigenvalue weighted by Gasteiger charge is 2.36. The fourth-order valence-electron chi connectivity index (χ4n) is 2.97. The maximum absolute atomic E-state index is 12.7. The number of rotatable bonds is 5. The standard InChI is InChI=1S/C21H14N2O6S/c1-28-14-8-6-13(7-9-14)22-20(24)19(30-21(22)25)12-15-10-11-18(29-15)16-4-2-3-5-17(16)23(26)27/h2-12H,1H3/b19-12+. The largest absolute Gasteiger partial charge is 0.497 e. The van der Waals surface area contributed by atoms with Gasteiger partial charge in [-0.05, 0) is 54.2 Å². The van der Waals surface area contributed by atoms with Crippen molar-refractivity contribution in [2.75, 3.05) is 12.0 Å². The van der Waals surface area contributed by atoms with Gasteiger partial charge in [0.1, 0.15) is 17.3 Å². The Balaban J connectivity index is 1.61. The molecule has 1 aliphatic rings. The summed E-state index contributed by atoms with van der Waals surface area (Å²) in [5, 5.41) is 10.8. The molecule has 3 aromatic rings. The Morgan fingerprint density at radius 2 is 1.80 bits per heavy atom. The van der Waals surface area contributed by atoms with E-state index in [0.29, 0.717) is 28.5 Å². The van der Waals surface area contributed by atoms with Gasteiger partial charge in [0.05, 0.1) is 28.2 Å². The van der Waals surface area contributed by atoms with Gasteiger partial charge in [0.25, 0.3) is 16.8 Å². The molecular weight excluding hydrogens is 408 g/mol. The molecule has 0 spiro atoms. The van der Waals surface area contributed by atoms with E-state index in [2.05, 4.69) is 0 Å². The van der Waals surface area contributed by atoms with Crippen LogP contribution in [0, 0.1) is 10.1 Å². The van der Waals surface area contributed by atoms with Crippen LogP contribution in [0.5, 0.6) is 5.75 Å². The van der Waals surface area contributed by atoms with Gasteiger partial charge in [-0.2, -0.15) is 0 Å². The van der Waals surface area contributed by atoms with Crippen molar-refractivity contribution in [3.05, 3.63) is 81.4 Å². The Kier molecular flexibility index (Phi) is 5.11. The molecule has 1 fully saturated rings. The molecule has 0 bridgehead atoms. The Bertz CT molecular complexity index is 1180. The fourth-order valence-corrected chi connectivity index (χ4v) is 3.79. The summed E-state index contributed by atoms with van der Waals surface area (Å²) < 4.78 is 10.8. The van der Waals surface area contributed by atoms with E-state index in [0.717, 1.165) is 16.7 Å². The van der Waals surface area contributed by atoms with Gasteiger partial charge >= 0.3 is 0 Å². The van der Waals surface area contributed by atoms with Crippen LogP contribution in [-0.4, -0.2) is 23.2 Å². The fraction of sp³-hybridized carbons (Fsp3) is 0.0476. The minimum absolute atomic E-state index is 0.0850. The van der Waals surface area contributed by atoms with Crippen molar-refractivity contribution in [2.24, 2.45) is 0 Å². The van der Waals surface area contributed by atoms with Gasteiger partial charge in [-0.15, -0.1) is 0 Å². The zero-order chi connectivity index (χ0) is 21.3.